The first-order valence-electron chi connectivity index (χ1n) is 19.2. The summed E-state index contributed by atoms with van der Waals surface area (Å²) in [4.78, 5) is 5.12. The van der Waals surface area contributed by atoms with Gasteiger partial charge in [-0.3, -0.25) is 4.57 Å². The molecule has 1 aromatic heterocycles. The number of nitrogens with zero attached hydrogens (tertiary/aromatic N) is 2. The first-order chi connectivity index (χ1) is 27.7. The van der Waals surface area contributed by atoms with Crippen LogP contribution in [-0.2, 0) is 0 Å². The molecule has 2 heteroatoms. The van der Waals surface area contributed by atoms with Crippen LogP contribution < -0.4 is 0 Å². The predicted molar refractivity (Wildman–Crippen MR) is 241 cm³/mol. The molecule has 0 saturated carbocycles. The van der Waals surface area contributed by atoms with Crippen molar-refractivity contribution in [2.45, 2.75) is 6.92 Å². The Morgan fingerprint density at radius 3 is 1.64 bits per heavy atom. The molecule has 0 saturated heterocycles. The molecule has 0 aliphatic carbocycles. The van der Waals surface area contributed by atoms with Gasteiger partial charge in [-0.05, 0) is 120 Å². The van der Waals surface area contributed by atoms with Crippen LogP contribution in [0.25, 0.3) is 105 Å². The molecule has 0 spiro atoms. The molecule has 0 fully saturated rings. The van der Waals surface area contributed by atoms with Crippen LogP contribution >= 0.6 is 0 Å². The Labute approximate surface area is 326 Å². The summed E-state index contributed by atoms with van der Waals surface area (Å²) >= 11 is 0. The van der Waals surface area contributed by atoms with E-state index in [4.69, 9.17) is 4.98 Å². The molecule has 0 N–H and O–H groups in total. The van der Waals surface area contributed by atoms with E-state index in [9.17, 15) is 0 Å². The van der Waals surface area contributed by atoms with Crippen LogP contribution in [-0.4, -0.2) is 9.55 Å². The summed E-state index contributed by atoms with van der Waals surface area (Å²) < 4.78 is 2.23. The van der Waals surface area contributed by atoms with Crippen molar-refractivity contribution < 1.29 is 0 Å². The summed E-state index contributed by atoms with van der Waals surface area (Å²) in [6.45, 7) is 5.95. The molecule has 9 aromatic carbocycles. The van der Waals surface area contributed by atoms with Crippen molar-refractivity contribution in [1.82, 2.24) is 9.55 Å². The second-order valence-corrected chi connectivity index (χ2v) is 14.3. The number of hydrogen-bond donors (Lipinski definition) is 0. The first kappa shape index (κ1) is 33.3. The standard InChI is InChI=1S/C54H38N2/c1-3-5-18-45(4-2)56-51-22-13-12-21-50(51)55-54(56)39-27-23-38(24-28-39)42-31-32-48-49(35-42)53(44-30-26-37-15-7-9-17-41(37)34-44)47-20-11-10-19-46(47)52(48)43-29-25-36-14-6-8-16-40(36)33-43/h3-35H,1H2,2H3/b18-5-,45-4+. The number of fused-ring (bicyclic) bond motifs is 5. The van der Waals surface area contributed by atoms with Gasteiger partial charge in [0.1, 0.15) is 5.82 Å². The van der Waals surface area contributed by atoms with Gasteiger partial charge in [-0.15, -0.1) is 0 Å². The average molecular weight is 715 g/mol. The van der Waals surface area contributed by atoms with Gasteiger partial charge in [-0.1, -0.05) is 170 Å². The van der Waals surface area contributed by atoms with Gasteiger partial charge in [-0.2, -0.15) is 0 Å². The summed E-state index contributed by atoms with van der Waals surface area (Å²) in [5.41, 5.74) is 11.4. The van der Waals surface area contributed by atoms with Crippen LogP contribution in [0.2, 0.25) is 0 Å². The van der Waals surface area contributed by atoms with E-state index in [2.05, 4.69) is 200 Å². The highest BCUT2D eigenvalue weighted by molar-refractivity contribution is 6.22. The second-order valence-electron chi connectivity index (χ2n) is 14.3. The highest BCUT2D eigenvalue weighted by Gasteiger charge is 2.19. The minimum atomic E-state index is 0.906. The first-order valence-corrected chi connectivity index (χ1v) is 19.2. The zero-order valence-electron chi connectivity index (χ0n) is 31.2. The number of hydrogen-bond acceptors (Lipinski definition) is 1. The molecule has 2 nitrogen and oxygen atoms in total. The van der Waals surface area contributed by atoms with Gasteiger partial charge in [0.15, 0.2) is 0 Å². The Hall–Kier alpha value is -7.29. The summed E-state index contributed by atoms with van der Waals surface area (Å²) in [6, 6.07) is 64.2. The Balaban J connectivity index is 1.18. The molecule has 0 atom stereocenters. The summed E-state index contributed by atoms with van der Waals surface area (Å²) in [5.74, 6) is 0.906. The molecule has 0 radical (unpaired) electrons. The van der Waals surface area contributed by atoms with E-state index in [1.54, 1.807) is 6.08 Å². The van der Waals surface area contributed by atoms with Gasteiger partial charge in [-0.25, -0.2) is 4.98 Å². The normalized spacial score (nSPS) is 12.1. The van der Waals surface area contributed by atoms with Crippen molar-refractivity contribution in [3.63, 3.8) is 0 Å². The highest BCUT2D eigenvalue weighted by Crippen LogP contribution is 2.46. The maximum atomic E-state index is 5.12. The van der Waals surface area contributed by atoms with Gasteiger partial charge < -0.3 is 0 Å². The number of para-hydroxylation sites is 2. The van der Waals surface area contributed by atoms with E-state index in [1.165, 1.54) is 70.9 Å². The molecule has 1 heterocycles. The van der Waals surface area contributed by atoms with E-state index >= 15 is 0 Å². The lowest BCUT2D eigenvalue weighted by atomic mass is 9.84. The van der Waals surface area contributed by atoms with Crippen LogP contribution in [0.3, 0.4) is 0 Å². The Bertz CT molecular complexity index is 3210. The van der Waals surface area contributed by atoms with Gasteiger partial charge in [0.2, 0.25) is 0 Å². The molecular weight excluding hydrogens is 677 g/mol. The van der Waals surface area contributed by atoms with E-state index < -0.39 is 0 Å². The van der Waals surface area contributed by atoms with Crippen molar-refractivity contribution in [2.75, 3.05) is 0 Å². The smallest absolute Gasteiger partial charge is 0.145 e. The quantitative estimate of drug-likeness (QED) is 0.119. The number of benzene rings is 9. The monoisotopic (exact) mass is 714 g/mol. The molecule has 0 unspecified atom stereocenters. The molecule has 0 aliphatic heterocycles. The van der Waals surface area contributed by atoms with Crippen molar-refractivity contribution in [1.29, 1.82) is 0 Å². The molecule has 10 aromatic rings. The summed E-state index contributed by atoms with van der Waals surface area (Å²) in [7, 11) is 0. The zero-order valence-corrected chi connectivity index (χ0v) is 31.2. The molecule has 56 heavy (non-hydrogen) atoms. The molecule has 264 valence electrons. The van der Waals surface area contributed by atoms with Crippen LogP contribution in [0.1, 0.15) is 6.92 Å². The third-order valence-electron chi connectivity index (χ3n) is 11.1. The lowest BCUT2D eigenvalue weighted by Gasteiger charge is -2.19. The van der Waals surface area contributed by atoms with Gasteiger partial charge in [0, 0.05) is 11.3 Å². The van der Waals surface area contributed by atoms with Gasteiger partial charge in [0.25, 0.3) is 0 Å². The second kappa shape index (κ2) is 13.8. The third-order valence-corrected chi connectivity index (χ3v) is 11.1. The number of rotatable bonds is 7. The number of imidazole rings is 1. The maximum absolute atomic E-state index is 5.12. The minimum absolute atomic E-state index is 0.906. The largest absolute Gasteiger partial charge is 0.293 e. The fourth-order valence-corrected chi connectivity index (χ4v) is 8.43. The van der Waals surface area contributed by atoms with Crippen molar-refractivity contribution in [2.24, 2.45) is 0 Å². The Morgan fingerprint density at radius 1 is 0.482 bits per heavy atom. The van der Waals surface area contributed by atoms with E-state index in [1.807, 2.05) is 12.1 Å². The van der Waals surface area contributed by atoms with Gasteiger partial charge >= 0.3 is 0 Å². The summed E-state index contributed by atoms with van der Waals surface area (Å²) in [6.07, 6.45) is 7.97. The zero-order chi connectivity index (χ0) is 37.6. The lowest BCUT2D eigenvalue weighted by Crippen LogP contribution is -1.98. The van der Waals surface area contributed by atoms with Crippen LogP contribution in [0.5, 0.6) is 0 Å². The number of aromatic nitrogens is 2. The fourth-order valence-electron chi connectivity index (χ4n) is 8.43. The minimum Gasteiger partial charge on any atom is -0.293 e. The van der Waals surface area contributed by atoms with Gasteiger partial charge in [0.05, 0.1) is 11.0 Å². The van der Waals surface area contributed by atoms with E-state index in [-0.39, 0.29) is 0 Å². The Morgan fingerprint density at radius 2 is 1.00 bits per heavy atom. The lowest BCUT2D eigenvalue weighted by molar-refractivity contribution is 1.14. The van der Waals surface area contributed by atoms with Crippen LogP contribution in [0.15, 0.2) is 207 Å². The average Bonchev–Trinajstić information content (AvgIpc) is 3.65. The fraction of sp³-hybridized carbons (Fsp3) is 0.0185. The molecule has 0 aliphatic rings. The number of allylic oxidation sites excluding steroid dienone is 5. The predicted octanol–water partition coefficient (Wildman–Crippen LogP) is 14.9. The SMILES string of the molecule is C=C/C=C\C(=C/C)n1c(-c2ccc(-c3ccc4c(-c5ccc6ccccc6c5)c5ccccc5c(-c5ccc6ccccc6c5)c4c3)cc2)nc2ccccc21. The Kier molecular flexibility index (Phi) is 8.23. The van der Waals surface area contributed by atoms with Crippen LogP contribution in [0, 0.1) is 0 Å². The van der Waals surface area contributed by atoms with E-state index in [0.29, 0.717) is 0 Å². The molecule has 0 amide bonds. The third kappa shape index (κ3) is 5.63. The maximum Gasteiger partial charge on any atom is 0.145 e. The molecule has 10 rings (SSSR count). The van der Waals surface area contributed by atoms with E-state index in [0.717, 1.165) is 33.7 Å². The van der Waals surface area contributed by atoms with Crippen molar-refractivity contribution in [3.8, 4) is 44.8 Å². The van der Waals surface area contributed by atoms with Crippen molar-refractivity contribution in [3.05, 3.63) is 207 Å². The topological polar surface area (TPSA) is 17.8 Å². The highest BCUT2D eigenvalue weighted by atomic mass is 15.1. The van der Waals surface area contributed by atoms with Crippen LogP contribution in [0.4, 0.5) is 0 Å². The molecular formula is C54H38N2. The van der Waals surface area contributed by atoms with Crippen molar-refractivity contribution >= 4 is 59.8 Å². The summed E-state index contributed by atoms with van der Waals surface area (Å²) in [5, 5.41) is 9.93. The molecule has 0 bridgehead atoms.